The summed E-state index contributed by atoms with van der Waals surface area (Å²) >= 11 is 0. The van der Waals surface area contributed by atoms with Crippen LogP contribution in [0.5, 0.6) is 0 Å². The molecule has 0 spiro atoms. The molecule has 0 atom stereocenters. The van der Waals surface area contributed by atoms with Gasteiger partial charge in [0, 0.05) is 5.56 Å². The first-order valence-corrected chi connectivity index (χ1v) is 11.4. The lowest BCUT2D eigenvalue weighted by molar-refractivity contribution is 0.279. The number of rotatable bonds is 6. The molecule has 0 saturated heterocycles. The minimum absolute atomic E-state index is 0.135. The molecule has 0 radical (unpaired) electrons. The average molecular weight is 395 g/mol. The first-order valence-electron chi connectivity index (χ1n) is 11.4. The second-order valence-electron chi connectivity index (χ2n) is 8.95. The third kappa shape index (κ3) is 4.63. The Morgan fingerprint density at radius 1 is 0.897 bits per heavy atom. The highest BCUT2D eigenvalue weighted by atomic mass is 19.1. The van der Waals surface area contributed by atoms with Gasteiger partial charge in [-0.1, -0.05) is 68.5 Å². The van der Waals surface area contributed by atoms with Gasteiger partial charge in [0.05, 0.1) is 0 Å². The second kappa shape index (κ2) is 9.24. The normalized spacial score (nSPS) is 21.6. The van der Waals surface area contributed by atoms with E-state index < -0.39 is 0 Å². The van der Waals surface area contributed by atoms with Crippen LogP contribution in [0.4, 0.5) is 8.78 Å². The van der Waals surface area contributed by atoms with Crippen LogP contribution in [0.1, 0.15) is 69.4 Å². The van der Waals surface area contributed by atoms with Crippen LogP contribution < -0.4 is 0 Å². The van der Waals surface area contributed by atoms with E-state index in [1.54, 1.807) is 12.1 Å². The lowest BCUT2D eigenvalue weighted by atomic mass is 9.73. The smallest absolute Gasteiger partial charge is 0.134 e. The number of fused-ring (bicyclic) bond motifs is 1. The van der Waals surface area contributed by atoms with Crippen LogP contribution in [0.2, 0.25) is 0 Å². The molecule has 4 rings (SSSR count). The highest BCUT2D eigenvalue weighted by Gasteiger charge is 2.26. The van der Waals surface area contributed by atoms with Gasteiger partial charge in [-0.25, -0.2) is 8.78 Å². The molecule has 154 valence electrons. The maximum absolute atomic E-state index is 15.2. The summed E-state index contributed by atoms with van der Waals surface area (Å²) < 4.78 is 28.4. The molecule has 2 heteroatoms. The van der Waals surface area contributed by atoms with Crippen LogP contribution in [0.15, 0.2) is 48.0 Å². The molecule has 29 heavy (non-hydrogen) atoms. The van der Waals surface area contributed by atoms with Gasteiger partial charge in [-0.05, 0) is 79.2 Å². The topological polar surface area (TPSA) is 0 Å². The van der Waals surface area contributed by atoms with E-state index in [1.165, 1.54) is 69.1 Å². The van der Waals surface area contributed by atoms with Gasteiger partial charge in [0.25, 0.3) is 0 Å². The van der Waals surface area contributed by atoms with Crippen molar-refractivity contribution in [2.24, 2.45) is 11.8 Å². The highest BCUT2D eigenvalue weighted by molar-refractivity contribution is 5.66. The van der Waals surface area contributed by atoms with Gasteiger partial charge in [0.2, 0.25) is 0 Å². The number of hydrogen-bond donors (Lipinski definition) is 0. The zero-order chi connectivity index (χ0) is 20.2. The Labute approximate surface area is 174 Å². The van der Waals surface area contributed by atoms with Crippen LogP contribution in [0.25, 0.3) is 11.1 Å². The summed E-state index contributed by atoms with van der Waals surface area (Å²) in [7, 11) is 0. The van der Waals surface area contributed by atoms with E-state index in [4.69, 9.17) is 0 Å². The Morgan fingerprint density at radius 3 is 2.38 bits per heavy atom. The Bertz CT molecular complexity index is 855. The first-order chi connectivity index (χ1) is 14.2. The predicted octanol–water partition coefficient (Wildman–Crippen LogP) is 8.04. The predicted molar refractivity (Wildman–Crippen MR) is 117 cm³/mol. The van der Waals surface area contributed by atoms with Crippen LogP contribution in [0, 0.1) is 23.5 Å². The van der Waals surface area contributed by atoms with Crippen molar-refractivity contribution in [2.45, 2.75) is 71.1 Å². The fourth-order valence-corrected chi connectivity index (χ4v) is 5.24. The molecule has 0 heterocycles. The fraction of sp³-hybridized carbons (Fsp3) is 0.481. The van der Waals surface area contributed by atoms with Crippen molar-refractivity contribution in [1.29, 1.82) is 0 Å². The number of benzene rings is 2. The molecule has 2 aromatic carbocycles. The van der Waals surface area contributed by atoms with Gasteiger partial charge in [-0.2, -0.15) is 0 Å². The molecular formula is C27H32F2. The molecule has 2 aromatic rings. The minimum Gasteiger partial charge on any atom is -0.207 e. The van der Waals surface area contributed by atoms with E-state index in [9.17, 15) is 4.39 Å². The van der Waals surface area contributed by atoms with E-state index in [2.05, 4.69) is 19.1 Å². The molecular weight excluding hydrogens is 362 g/mol. The van der Waals surface area contributed by atoms with Crippen molar-refractivity contribution >= 4 is 0 Å². The van der Waals surface area contributed by atoms with Crippen molar-refractivity contribution < 1.29 is 8.78 Å². The summed E-state index contributed by atoms with van der Waals surface area (Å²) in [6, 6.07) is 10.1. The molecule has 2 aliphatic carbocycles. The lowest BCUT2D eigenvalue weighted by Crippen LogP contribution is -2.19. The van der Waals surface area contributed by atoms with E-state index in [1.807, 2.05) is 6.07 Å². The summed E-state index contributed by atoms with van der Waals surface area (Å²) in [6.07, 6.45) is 14.6. The van der Waals surface area contributed by atoms with Gasteiger partial charge < -0.3 is 0 Å². The zero-order valence-electron chi connectivity index (χ0n) is 17.5. The summed E-state index contributed by atoms with van der Waals surface area (Å²) in [6.45, 7) is 2.27. The molecule has 0 aromatic heterocycles. The molecule has 2 aliphatic rings. The SMILES string of the molecule is CCCCCC1CCC(C2=CCc3c(ccc(-c4ccc(F)cc4)c3F)C2)CC1. The number of halogens is 2. The number of hydrogen-bond acceptors (Lipinski definition) is 0. The molecule has 0 amide bonds. The van der Waals surface area contributed by atoms with Crippen molar-refractivity contribution in [3.05, 3.63) is 70.8 Å². The Hall–Kier alpha value is -1.96. The Kier molecular flexibility index (Phi) is 6.47. The summed E-state index contributed by atoms with van der Waals surface area (Å²) in [4.78, 5) is 0. The summed E-state index contributed by atoms with van der Waals surface area (Å²) in [5, 5.41) is 0. The average Bonchev–Trinajstić information content (AvgIpc) is 2.75. The van der Waals surface area contributed by atoms with Crippen molar-refractivity contribution in [3.63, 3.8) is 0 Å². The van der Waals surface area contributed by atoms with Crippen LogP contribution in [-0.2, 0) is 12.8 Å². The number of allylic oxidation sites excluding steroid dienone is 2. The molecule has 0 nitrogen and oxygen atoms in total. The van der Waals surface area contributed by atoms with Crippen LogP contribution in [0.3, 0.4) is 0 Å². The van der Waals surface area contributed by atoms with Gasteiger partial charge in [-0.3, -0.25) is 0 Å². The minimum atomic E-state index is -0.292. The molecule has 1 saturated carbocycles. The highest BCUT2D eigenvalue weighted by Crippen LogP contribution is 2.39. The van der Waals surface area contributed by atoms with Crippen LogP contribution in [-0.4, -0.2) is 0 Å². The van der Waals surface area contributed by atoms with Gasteiger partial charge in [-0.15, -0.1) is 0 Å². The standard InChI is InChI=1S/C27H32F2/c1-2-3-4-5-19-6-8-20(9-7-19)22-12-16-26-23(18-22)13-17-25(27(26)29)21-10-14-24(28)15-11-21/h10-15,17,19-20H,2-9,16,18H2,1H3. The lowest BCUT2D eigenvalue weighted by Gasteiger charge is -2.32. The van der Waals surface area contributed by atoms with Gasteiger partial charge >= 0.3 is 0 Å². The Balaban J connectivity index is 1.42. The quantitative estimate of drug-likeness (QED) is 0.343. The maximum atomic E-state index is 15.2. The second-order valence-corrected chi connectivity index (χ2v) is 8.95. The monoisotopic (exact) mass is 394 g/mol. The molecule has 0 N–H and O–H groups in total. The molecule has 0 bridgehead atoms. The van der Waals surface area contributed by atoms with Crippen molar-refractivity contribution in [2.75, 3.05) is 0 Å². The van der Waals surface area contributed by atoms with Gasteiger partial charge in [0.1, 0.15) is 11.6 Å². The maximum Gasteiger partial charge on any atom is 0.134 e. The third-order valence-corrected chi connectivity index (χ3v) is 7.05. The molecule has 0 aliphatic heterocycles. The summed E-state index contributed by atoms with van der Waals surface area (Å²) in [5.41, 5.74) is 4.80. The fourth-order valence-electron chi connectivity index (χ4n) is 5.24. The first kappa shape index (κ1) is 20.3. The zero-order valence-corrected chi connectivity index (χ0v) is 17.5. The van der Waals surface area contributed by atoms with E-state index >= 15 is 4.39 Å². The number of unbranched alkanes of at least 4 members (excludes halogenated alkanes) is 2. The van der Waals surface area contributed by atoms with Crippen molar-refractivity contribution in [3.8, 4) is 11.1 Å². The largest absolute Gasteiger partial charge is 0.207 e. The van der Waals surface area contributed by atoms with E-state index in [0.29, 0.717) is 17.9 Å². The van der Waals surface area contributed by atoms with Crippen LogP contribution >= 0.6 is 0 Å². The van der Waals surface area contributed by atoms with Crippen molar-refractivity contribution in [1.82, 2.24) is 0 Å². The van der Waals surface area contributed by atoms with E-state index in [-0.39, 0.29) is 11.6 Å². The molecule has 0 unspecified atom stereocenters. The third-order valence-electron chi connectivity index (χ3n) is 7.05. The van der Waals surface area contributed by atoms with E-state index in [0.717, 1.165) is 29.0 Å². The Morgan fingerprint density at radius 2 is 1.66 bits per heavy atom. The molecule has 1 fully saturated rings. The van der Waals surface area contributed by atoms with Gasteiger partial charge in [0.15, 0.2) is 0 Å². The summed E-state index contributed by atoms with van der Waals surface area (Å²) in [5.74, 6) is 1.18.